The molecule has 3 N–H and O–H groups in total. The molecule has 0 aromatic carbocycles. The minimum absolute atomic E-state index is 0.00723. The van der Waals surface area contributed by atoms with Crippen molar-refractivity contribution >= 4 is 11.8 Å². The molecule has 0 heterocycles. The van der Waals surface area contributed by atoms with E-state index in [9.17, 15) is 9.59 Å². The monoisotopic (exact) mass is 188 g/mol. The average molecular weight is 188 g/mol. The number of carbonyl (C=O) groups is 2. The van der Waals surface area contributed by atoms with Crippen molar-refractivity contribution < 1.29 is 14.7 Å². The summed E-state index contributed by atoms with van der Waals surface area (Å²) < 4.78 is 0. The van der Waals surface area contributed by atoms with Crippen molar-refractivity contribution in [2.75, 3.05) is 26.2 Å². The zero-order chi connectivity index (χ0) is 10.1. The van der Waals surface area contributed by atoms with E-state index in [1.165, 1.54) is 6.92 Å². The van der Waals surface area contributed by atoms with Gasteiger partial charge in [0.15, 0.2) is 0 Å². The SMILES string of the molecule is CC(=O)CNCCCNCC(=O)O. The van der Waals surface area contributed by atoms with E-state index in [0.717, 1.165) is 13.0 Å². The van der Waals surface area contributed by atoms with E-state index in [4.69, 9.17) is 5.11 Å². The van der Waals surface area contributed by atoms with E-state index in [0.29, 0.717) is 13.1 Å². The molecule has 0 amide bonds. The maximum Gasteiger partial charge on any atom is 0.317 e. The number of carboxylic acid groups (broad SMARTS) is 1. The van der Waals surface area contributed by atoms with Gasteiger partial charge >= 0.3 is 5.97 Å². The Morgan fingerprint density at radius 2 is 1.69 bits per heavy atom. The second-order valence-corrected chi connectivity index (χ2v) is 2.80. The lowest BCUT2D eigenvalue weighted by atomic mass is 10.4. The molecule has 0 aliphatic heterocycles. The first-order valence-electron chi connectivity index (χ1n) is 4.25. The predicted octanol–water partition coefficient (Wildman–Crippen LogP) is -0.771. The van der Waals surface area contributed by atoms with Crippen molar-refractivity contribution in [1.82, 2.24) is 10.6 Å². The van der Waals surface area contributed by atoms with Gasteiger partial charge in [0, 0.05) is 0 Å². The summed E-state index contributed by atoms with van der Waals surface area (Å²) in [7, 11) is 0. The van der Waals surface area contributed by atoms with Crippen LogP contribution in [0.15, 0.2) is 0 Å². The molecule has 0 saturated carbocycles. The summed E-state index contributed by atoms with van der Waals surface area (Å²) in [5, 5.41) is 14.0. The number of Topliss-reactive ketones (excluding diaryl/α,β-unsaturated/α-hetero) is 1. The van der Waals surface area contributed by atoms with E-state index in [1.54, 1.807) is 0 Å². The summed E-state index contributed by atoms with van der Waals surface area (Å²) >= 11 is 0. The molecule has 0 aliphatic rings. The van der Waals surface area contributed by atoms with E-state index < -0.39 is 5.97 Å². The van der Waals surface area contributed by atoms with Crippen LogP contribution < -0.4 is 10.6 Å². The Bertz CT molecular complexity index is 153. The summed E-state index contributed by atoms with van der Waals surface area (Å²) in [5.41, 5.74) is 0. The highest BCUT2D eigenvalue weighted by atomic mass is 16.4. The second-order valence-electron chi connectivity index (χ2n) is 2.80. The van der Waals surface area contributed by atoms with Gasteiger partial charge in [-0.25, -0.2) is 0 Å². The van der Waals surface area contributed by atoms with Crippen molar-refractivity contribution in [3.8, 4) is 0 Å². The van der Waals surface area contributed by atoms with Gasteiger partial charge in [-0.2, -0.15) is 0 Å². The van der Waals surface area contributed by atoms with Crippen molar-refractivity contribution in [3.63, 3.8) is 0 Å². The van der Waals surface area contributed by atoms with Crippen molar-refractivity contribution in [1.29, 1.82) is 0 Å². The molecule has 0 bridgehead atoms. The number of carbonyl (C=O) groups excluding carboxylic acids is 1. The van der Waals surface area contributed by atoms with Crippen molar-refractivity contribution in [2.45, 2.75) is 13.3 Å². The summed E-state index contributed by atoms with van der Waals surface area (Å²) in [4.78, 5) is 20.5. The van der Waals surface area contributed by atoms with Crippen LogP contribution in [0.25, 0.3) is 0 Å². The molecule has 0 saturated heterocycles. The number of nitrogens with one attached hydrogen (secondary N) is 2. The molecule has 0 unspecified atom stereocenters. The Morgan fingerprint density at radius 3 is 2.15 bits per heavy atom. The molecule has 13 heavy (non-hydrogen) atoms. The fourth-order valence-electron chi connectivity index (χ4n) is 0.798. The highest BCUT2D eigenvalue weighted by Crippen LogP contribution is 1.73. The van der Waals surface area contributed by atoms with Crippen LogP contribution in [0.5, 0.6) is 0 Å². The van der Waals surface area contributed by atoms with Gasteiger partial charge in [0.1, 0.15) is 5.78 Å². The first-order valence-corrected chi connectivity index (χ1v) is 4.25. The molecule has 0 radical (unpaired) electrons. The molecule has 76 valence electrons. The van der Waals surface area contributed by atoms with E-state index in [1.807, 2.05) is 0 Å². The zero-order valence-corrected chi connectivity index (χ0v) is 7.80. The molecular weight excluding hydrogens is 172 g/mol. The van der Waals surface area contributed by atoms with Gasteiger partial charge in [-0.3, -0.25) is 9.59 Å². The van der Waals surface area contributed by atoms with Gasteiger partial charge in [-0.05, 0) is 26.4 Å². The van der Waals surface area contributed by atoms with Crippen LogP contribution in [0.3, 0.4) is 0 Å². The van der Waals surface area contributed by atoms with Gasteiger partial charge in [0.05, 0.1) is 13.1 Å². The van der Waals surface area contributed by atoms with E-state index >= 15 is 0 Å². The first kappa shape index (κ1) is 12.1. The number of hydrogen-bond donors (Lipinski definition) is 3. The minimum atomic E-state index is -0.850. The number of rotatable bonds is 8. The molecule has 0 fully saturated rings. The maximum absolute atomic E-state index is 10.5. The molecule has 5 heteroatoms. The largest absolute Gasteiger partial charge is 0.480 e. The van der Waals surface area contributed by atoms with Gasteiger partial charge in [-0.15, -0.1) is 0 Å². The Labute approximate surface area is 77.5 Å². The summed E-state index contributed by atoms with van der Waals surface area (Å²) in [5.74, 6) is -0.741. The number of hydrogen-bond acceptors (Lipinski definition) is 4. The Balaban J connectivity index is 3.00. The Kier molecular flexibility index (Phi) is 7.14. The molecule has 0 aromatic rings. The summed E-state index contributed by atoms with van der Waals surface area (Å²) in [6.07, 6.45) is 0.820. The molecule has 0 rings (SSSR count). The minimum Gasteiger partial charge on any atom is -0.480 e. The molecule has 0 atom stereocenters. The number of ketones is 1. The third-order valence-electron chi connectivity index (χ3n) is 1.36. The normalized spacial score (nSPS) is 9.92. The van der Waals surface area contributed by atoms with Gasteiger partial charge in [0.2, 0.25) is 0 Å². The quantitative estimate of drug-likeness (QED) is 0.436. The third-order valence-corrected chi connectivity index (χ3v) is 1.36. The Hall–Kier alpha value is -0.940. The molecular formula is C8H16N2O3. The van der Waals surface area contributed by atoms with Crippen molar-refractivity contribution in [3.05, 3.63) is 0 Å². The molecule has 5 nitrogen and oxygen atoms in total. The lowest BCUT2D eigenvalue weighted by molar-refractivity contribution is -0.136. The molecule has 0 spiro atoms. The van der Waals surface area contributed by atoms with Crippen LogP contribution in [0.4, 0.5) is 0 Å². The Morgan fingerprint density at radius 1 is 1.15 bits per heavy atom. The fraction of sp³-hybridized carbons (Fsp3) is 0.750. The molecule has 0 aromatic heterocycles. The van der Waals surface area contributed by atoms with E-state index in [-0.39, 0.29) is 12.3 Å². The third kappa shape index (κ3) is 11.1. The molecule has 0 aliphatic carbocycles. The topological polar surface area (TPSA) is 78.4 Å². The van der Waals surface area contributed by atoms with E-state index in [2.05, 4.69) is 10.6 Å². The summed E-state index contributed by atoms with van der Waals surface area (Å²) in [6, 6.07) is 0. The predicted molar refractivity (Wildman–Crippen MR) is 48.7 cm³/mol. The zero-order valence-electron chi connectivity index (χ0n) is 7.80. The highest BCUT2D eigenvalue weighted by Gasteiger charge is 1.94. The number of aliphatic carboxylic acids is 1. The van der Waals surface area contributed by atoms with Crippen LogP contribution >= 0.6 is 0 Å². The average Bonchev–Trinajstić information content (AvgIpc) is 2.01. The standard InChI is InChI=1S/C8H16N2O3/c1-7(11)5-9-3-2-4-10-6-8(12)13/h9-10H,2-6H2,1H3,(H,12,13). The van der Waals surface area contributed by atoms with Crippen molar-refractivity contribution in [2.24, 2.45) is 0 Å². The highest BCUT2D eigenvalue weighted by molar-refractivity contribution is 5.77. The van der Waals surface area contributed by atoms with Gasteiger partial charge < -0.3 is 15.7 Å². The number of carboxylic acids is 1. The summed E-state index contributed by atoms with van der Waals surface area (Å²) in [6.45, 7) is 3.28. The fourth-order valence-corrected chi connectivity index (χ4v) is 0.798. The first-order chi connectivity index (χ1) is 6.13. The smallest absolute Gasteiger partial charge is 0.317 e. The van der Waals surface area contributed by atoms with Gasteiger partial charge in [0.25, 0.3) is 0 Å². The van der Waals surface area contributed by atoms with Crippen LogP contribution in [0.2, 0.25) is 0 Å². The maximum atomic E-state index is 10.5. The lowest BCUT2D eigenvalue weighted by Crippen LogP contribution is -2.28. The van der Waals surface area contributed by atoms with Crippen LogP contribution in [-0.4, -0.2) is 43.0 Å². The second kappa shape index (κ2) is 7.70. The van der Waals surface area contributed by atoms with Crippen LogP contribution in [0.1, 0.15) is 13.3 Å². The van der Waals surface area contributed by atoms with Crippen LogP contribution in [-0.2, 0) is 9.59 Å². The lowest BCUT2D eigenvalue weighted by Gasteiger charge is -2.02. The van der Waals surface area contributed by atoms with Gasteiger partial charge in [-0.1, -0.05) is 0 Å². The van der Waals surface area contributed by atoms with Crippen LogP contribution in [0, 0.1) is 0 Å².